The van der Waals surface area contributed by atoms with Gasteiger partial charge in [0, 0.05) is 0 Å². The molecule has 0 saturated carbocycles. The Bertz CT molecular complexity index is 410. The van der Waals surface area contributed by atoms with Crippen molar-refractivity contribution in [3.8, 4) is 0 Å². The van der Waals surface area contributed by atoms with E-state index >= 15 is 0 Å². The first-order chi connectivity index (χ1) is 6.98. The van der Waals surface area contributed by atoms with Crippen molar-refractivity contribution in [1.82, 2.24) is 0 Å². The van der Waals surface area contributed by atoms with Gasteiger partial charge in [0.05, 0.1) is 13.6 Å². The largest absolute Gasteiger partial charge is 0.478 e. The van der Waals surface area contributed by atoms with Crippen LogP contribution >= 0.6 is 0 Å². The molecule has 0 radical (unpaired) electrons. The molecule has 1 aromatic rings. The highest BCUT2D eigenvalue weighted by Gasteiger charge is 2.27. The van der Waals surface area contributed by atoms with Crippen molar-refractivity contribution in [2.75, 3.05) is 0 Å². The smallest absolute Gasteiger partial charge is 0.335 e. The Hall–Kier alpha value is -1.09. The maximum absolute atomic E-state index is 10.8. The van der Waals surface area contributed by atoms with Gasteiger partial charge in [-0.1, -0.05) is 25.2 Å². The summed E-state index contributed by atoms with van der Waals surface area (Å²) >= 11 is 0. The summed E-state index contributed by atoms with van der Waals surface area (Å²) in [6.45, 7) is 4.81. The summed E-state index contributed by atoms with van der Waals surface area (Å²) in [5.41, 5.74) is 3.06. The molecule has 0 amide bonds. The van der Waals surface area contributed by atoms with Crippen LogP contribution in [-0.2, 0) is 12.5 Å². The van der Waals surface area contributed by atoms with Crippen LogP contribution in [0.5, 0.6) is 0 Å². The number of hydrogen-bond acceptors (Lipinski definition) is 1. The van der Waals surface area contributed by atoms with Gasteiger partial charge in [0.15, 0.2) is 0 Å². The molecule has 0 aromatic heterocycles. The number of hydrogen-bond donors (Lipinski definition) is 1. The van der Waals surface area contributed by atoms with Crippen LogP contribution in [0, 0.1) is 0 Å². The summed E-state index contributed by atoms with van der Waals surface area (Å²) in [6.07, 6.45) is 1.07. The normalized spacial score (nSPS) is 18.3. The van der Waals surface area contributed by atoms with Crippen molar-refractivity contribution in [3.05, 3.63) is 34.9 Å². The van der Waals surface area contributed by atoms with Gasteiger partial charge < -0.3 is 5.11 Å². The van der Waals surface area contributed by atoms with Crippen molar-refractivity contribution >= 4 is 14.0 Å². The fraction of sp³-hybridized carbons (Fsp3) is 0.417. The van der Waals surface area contributed by atoms with Gasteiger partial charge in [-0.2, -0.15) is 0 Å². The van der Waals surface area contributed by atoms with Crippen LogP contribution in [0.25, 0.3) is 0 Å². The number of benzene rings is 1. The predicted octanol–water partition coefficient (Wildman–Crippen LogP) is 2.73. The summed E-state index contributed by atoms with van der Waals surface area (Å²) in [5.74, 6) is -0.820. The second kappa shape index (κ2) is 3.49. The predicted molar refractivity (Wildman–Crippen MR) is 63.1 cm³/mol. The summed E-state index contributed by atoms with van der Waals surface area (Å²) < 4.78 is 0. The van der Waals surface area contributed by atoms with E-state index in [0.717, 1.165) is 6.42 Å². The fourth-order valence-electron chi connectivity index (χ4n) is 2.24. The van der Waals surface area contributed by atoms with Gasteiger partial charge in [-0.25, -0.2) is 4.79 Å². The van der Waals surface area contributed by atoms with E-state index in [0.29, 0.717) is 5.56 Å². The lowest BCUT2D eigenvalue weighted by molar-refractivity contribution is 0.0697. The molecule has 0 saturated heterocycles. The molecule has 1 heterocycles. The zero-order valence-electron chi connectivity index (χ0n) is 9.21. The van der Waals surface area contributed by atoms with Gasteiger partial charge in [-0.15, -0.1) is 0 Å². The Kier molecular flexibility index (Phi) is 2.42. The summed E-state index contributed by atoms with van der Waals surface area (Å²) in [6, 6.07) is 8.07. The Morgan fingerprint density at radius 3 is 2.73 bits per heavy atom. The third-order valence-electron chi connectivity index (χ3n) is 3.19. The second-order valence-electron chi connectivity index (χ2n) is 5.13. The van der Waals surface area contributed by atoms with Gasteiger partial charge in [0.1, 0.15) is 0 Å². The highest BCUT2D eigenvalue weighted by Crippen LogP contribution is 2.28. The summed E-state index contributed by atoms with van der Waals surface area (Å²) in [4.78, 5) is 10.8. The van der Waals surface area contributed by atoms with Crippen LogP contribution in [0.4, 0.5) is 0 Å². The summed E-state index contributed by atoms with van der Waals surface area (Å²) in [5, 5.41) is 8.90. The third kappa shape index (κ3) is 2.12. The number of carboxylic acids is 1. The van der Waals surface area contributed by atoms with Gasteiger partial charge >= 0.3 is 5.97 Å². The summed E-state index contributed by atoms with van der Waals surface area (Å²) in [7, 11) is -1.03. The average molecular weight is 220 g/mol. The topological polar surface area (TPSA) is 37.3 Å². The van der Waals surface area contributed by atoms with Crippen LogP contribution in [0.2, 0.25) is 19.1 Å². The molecule has 0 atom stereocenters. The first kappa shape index (κ1) is 10.4. The molecule has 0 fully saturated rings. The third-order valence-corrected chi connectivity index (χ3v) is 6.13. The van der Waals surface area contributed by atoms with Gasteiger partial charge in [0.25, 0.3) is 0 Å². The zero-order chi connectivity index (χ0) is 11.1. The van der Waals surface area contributed by atoms with E-state index in [4.69, 9.17) is 5.11 Å². The maximum atomic E-state index is 10.8. The number of rotatable bonds is 1. The van der Waals surface area contributed by atoms with E-state index in [1.165, 1.54) is 23.2 Å². The molecule has 2 nitrogen and oxygen atoms in total. The molecule has 2 rings (SSSR count). The van der Waals surface area contributed by atoms with Crippen LogP contribution < -0.4 is 0 Å². The molecule has 0 aliphatic carbocycles. The Morgan fingerprint density at radius 2 is 2.07 bits per heavy atom. The van der Waals surface area contributed by atoms with Gasteiger partial charge in [0.2, 0.25) is 0 Å². The highest BCUT2D eigenvalue weighted by atomic mass is 28.3. The first-order valence-corrected chi connectivity index (χ1v) is 8.74. The lowest BCUT2D eigenvalue weighted by atomic mass is 10.0. The van der Waals surface area contributed by atoms with Crippen molar-refractivity contribution in [2.24, 2.45) is 0 Å². The number of carboxylic acid groups (broad SMARTS) is 1. The molecule has 0 spiro atoms. The van der Waals surface area contributed by atoms with Crippen LogP contribution in [0.15, 0.2) is 18.2 Å². The standard InChI is InChI=1S/C12H16O2Si/c1-15(2)6-5-9-7-10(12(13)14)3-4-11(9)8-15/h3-4,7H,5-6,8H2,1-2H3,(H,13,14). The van der Waals surface area contributed by atoms with E-state index < -0.39 is 14.0 Å². The van der Waals surface area contributed by atoms with Crippen molar-refractivity contribution in [1.29, 1.82) is 0 Å². The van der Waals surface area contributed by atoms with Crippen molar-refractivity contribution in [3.63, 3.8) is 0 Å². The molecule has 1 aliphatic heterocycles. The van der Waals surface area contributed by atoms with E-state index in [-0.39, 0.29) is 0 Å². The number of fused-ring (bicyclic) bond motifs is 1. The first-order valence-electron chi connectivity index (χ1n) is 5.33. The molecular weight excluding hydrogens is 204 g/mol. The molecule has 0 unspecified atom stereocenters. The maximum Gasteiger partial charge on any atom is 0.335 e. The molecule has 1 aromatic carbocycles. The minimum Gasteiger partial charge on any atom is -0.478 e. The van der Waals surface area contributed by atoms with E-state index in [9.17, 15) is 4.79 Å². The minimum absolute atomic E-state index is 0.426. The average Bonchev–Trinajstić information content (AvgIpc) is 2.15. The molecule has 3 heteroatoms. The van der Waals surface area contributed by atoms with Crippen LogP contribution in [0.1, 0.15) is 21.5 Å². The molecule has 1 aliphatic rings. The molecule has 0 bridgehead atoms. The second-order valence-corrected chi connectivity index (χ2v) is 10.3. The van der Waals surface area contributed by atoms with E-state index in [1.54, 1.807) is 6.07 Å². The van der Waals surface area contributed by atoms with Crippen LogP contribution in [0.3, 0.4) is 0 Å². The van der Waals surface area contributed by atoms with Crippen molar-refractivity contribution in [2.45, 2.75) is 31.6 Å². The lowest BCUT2D eigenvalue weighted by Gasteiger charge is -2.29. The fourth-order valence-corrected chi connectivity index (χ4v) is 4.74. The molecule has 1 N–H and O–H groups in total. The Labute approximate surface area is 91.0 Å². The zero-order valence-corrected chi connectivity index (χ0v) is 10.2. The monoisotopic (exact) mass is 220 g/mol. The Balaban J connectivity index is 2.36. The van der Waals surface area contributed by atoms with Gasteiger partial charge in [-0.3, -0.25) is 0 Å². The SMILES string of the molecule is C[Si]1(C)CCc2cc(C(=O)O)ccc2C1. The van der Waals surface area contributed by atoms with E-state index in [1.807, 2.05) is 12.1 Å². The number of carbonyl (C=O) groups is 1. The highest BCUT2D eigenvalue weighted by molar-refractivity contribution is 6.77. The van der Waals surface area contributed by atoms with Crippen LogP contribution in [-0.4, -0.2) is 19.1 Å². The van der Waals surface area contributed by atoms with E-state index in [2.05, 4.69) is 13.1 Å². The lowest BCUT2D eigenvalue weighted by Crippen LogP contribution is -2.33. The molecule has 80 valence electrons. The minimum atomic E-state index is -1.03. The number of aromatic carboxylic acids is 1. The van der Waals surface area contributed by atoms with Gasteiger partial charge in [-0.05, 0) is 35.7 Å². The van der Waals surface area contributed by atoms with Crippen molar-refractivity contribution < 1.29 is 9.90 Å². The molecule has 15 heavy (non-hydrogen) atoms. The quantitative estimate of drug-likeness (QED) is 0.739. The Morgan fingerprint density at radius 1 is 1.33 bits per heavy atom. The molecular formula is C12H16O2Si. The number of aryl methyl sites for hydroxylation is 1.